The SMILES string of the molecule is CCOC(=O)CCCNC(=O)CN1CCC(O)C1. The lowest BCUT2D eigenvalue weighted by Crippen LogP contribution is -2.37. The van der Waals surface area contributed by atoms with Crippen molar-refractivity contribution in [1.82, 2.24) is 10.2 Å². The molecule has 0 aromatic carbocycles. The topological polar surface area (TPSA) is 78.9 Å². The second-order valence-corrected chi connectivity index (χ2v) is 4.44. The summed E-state index contributed by atoms with van der Waals surface area (Å²) in [6.45, 7) is 4.28. The molecule has 0 aromatic heterocycles. The van der Waals surface area contributed by atoms with Crippen LogP contribution in [0.15, 0.2) is 0 Å². The van der Waals surface area contributed by atoms with Gasteiger partial charge in [0.25, 0.3) is 0 Å². The van der Waals surface area contributed by atoms with Gasteiger partial charge in [-0.3, -0.25) is 14.5 Å². The molecule has 1 heterocycles. The monoisotopic (exact) mass is 258 g/mol. The molecule has 1 aliphatic rings. The van der Waals surface area contributed by atoms with Crippen molar-refractivity contribution in [2.45, 2.75) is 32.3 Å². The van der Waals surface area contributed by atoms with Gasteiger partial charge in [0, 0.05) is 26.1 Å². The van der Waals surface area contributed by atoms with Gasteiger partial charge in [-0.2, -0.15) is 0 Å². The molecule has 6 heteroatoms. The zero-order valence-corrected chi connectivity index (χ0v) is 10.9. The van der Waals surface area contributed by atoms with Crippen molar-refractivity contribution in [3.63, 3.8) is 0 Å². The minimum Gasteiger partial charge on any atom is -0.466 e. The van der Waals surface area contributed by atoms with Gasteiger partial charge in [0.1, 0.15) is 0 Å². The number of aliphatic hydroxyl groups excluding tert-OH is 1. The Balaban J connectivity index is 2.01. The zero-order chi connectivity index (χ0) is 13.4. The smallest absolute Gasteiger partial charge is 0.305 e. The highest BCUT2D eigenvalue weighted by atomic mass is 16.5. The quantitative estimate of drug-likeness (QED) is 0.476. The highest BCUT2D eigenvalue weighted by Gasteiger charge is 2.21. The van der Waals surface area contributed by atoms with Crippen LogP contribution in [0.4, 0.5) is 0 Å². The van der Waals surface area contributed by atoms with Crippen molar-refractivity contribution < 1.29 is 19.4 Å². The Morgan fingerprint density at radius 1 is 1.50 bits per heavy atom. The van der Waals surface area contributed by atoms with Crippen LogP contribution in [-0.2, 0) is 14.3 Å². The number of nitrogens with zero attached hydrogens (tertiary/aromatic N) is 1. The van der Waals surface area contributed by atoms with E-state index in [4.69, 9.17) is 4.74 Å². The molecule has 2 N–H and O–H groups in total. The number of ether oxygens (including phenoxy) is 1. The molecule has 6 nitrogen and oxygen atoms in total. The number of carbonyl (C=O) groups is 2. The van der Waals surface area contributed by atoms with E-state index in [1.54, 1.807) is 6.92 Å². The maximum Gasteiger partial charge on any atom is 0.305 e. The summed E-state index contributed by atoms with van der Waals surface area (Å²) in [6, 6.07) is 0. The van der Waals surface area contributed by atoms with Crippen LogP contribution in [0.5, 0.6) is 0 Å². The second kappa shape index (κ2) is 8.05. The lowest BCUT2D eigenvalue weighted by Gasteiger charge is -2.14. The van der Waals surface area contributed by atoms with Crippen LogP contribution in [-0.4, -0.2) is 60.8 Å². The van der Waals surface area contributed by atoms with Crippen molar-refractivity contribution in [2.24, 2.45) is 0 Å². The van der Waals surface area contributed by atoms with Crippen LogP contribution in [0.1, 0.15) is 26.2 Å². The van der Waals surface area contributed by atoms with Crippen LogP contribution in [0.3, 0.4) is 0 Å². The summed E-state index contributed by atoms with van der Waals surface area (Å²) in [5.74, 6) is -0.289. The van der Waals surface area contributed by atoms with Crippen LogP contribution < -0.4 is 5.32 Å². The molecular weight excluding hydrogens is 236 g/mol. The summed E-state index contributed by atoms with van der Waals surface area (Å²) in [5, 5.41) is 12.1. The summed E-state index contributed by atoms with van der Waals surface area (Å²) in [4.78, 5) is 24.5. The molecule has 0 aliphatic carbocycles. The number of amides is 1. The standard InChI is InChI=1S/C12H22N2O4/c1-2-18-12(17)4-3-6-13-11(16)9-14-7-5-10(15)8-14/h10,15H,2-9H2,1H3,(H,13,16). The average Bonchev–Trinajstić information content (AvgIpc) is 2.70. The molecule has 0 radical (unpaired) electrons. The molecule has 0 aromatic rings. The van der Waals surface area contributed by atoms with Crippen molar-refractivity contribution in [1.29, 1.82) is 0 Å². The lowest BCUT2D eigenvalue weighted by atomic mass is 10.3. The van der Waals surface area contributed by atoms with E-state index in [9.17, 15) is 14.7 Å². The van der Waals surface area contributed by atoms with Crippen molar-refractivity contribution in [3.05, 3.63) is 0 Å². The summed E-state index contributed by atoms with van der Waals surface area (Å²) in [6.07, 6.45) is 1.35. The Labute approximate surface area is 107 Å². The number of esters is 1. The molecule has 1 fully saturated rings. The first-order chi connectivity index (χ1) is 8.61. The number of rotatable bonds is 7. The number of β-amino-alcohol motifs (C(OH)–C–C–N with tert-alkyl or cyclic N) is 1. The van der Waals surface area contributed by atoms with E-state index in [0.717, 1.165) is 13.0 Å². The van der Waals surface area contributed by atoms with E-state index in [0.29, 0.717) is 39.1 Å². The Bertz CT molecular complexity index is 283. The number of hydrogen-bond acceptors (Lipinski definition) is 5. The van der Waals surface area contributed by atoms with Gasteiger partial charge in [-0.1, -0.05) is 0 Å². The fourth-order valence-corrected chi connectivity index (χ4v) is 1.91. The Morgan fingerprint density at radius 3 is 2.89 bits per heavy atom. The summed E-state index contributed by atoms with van der Waals surface area (Å²) in [5.41, 5.74) is 0. The minimum atomic E-state index is -0.304. The molecule has 18 heavy (non-hydrogen) atoms. The first-order valence-electron chi connectivity index (χ1n) is 6.44. The molecule has 1 rings (SSSR count). The van der Waals surface area contributed by atoms with Gasteiger partial charge in [0.15, 0.2) is 0 Å². The van der Waals surface area contributed by atoms with Crippen molar-refractivity contribution in [3.8, 4) is 0 Å². The first kappa shape index (κ1) is 14.9. The third-order valence-electron chi connectivity index (χ3n) is 2.80. The van der Waals surface area contributed by atoms with Crippen LogP contribution in [0.2, 0.25) is 0 Å². The molecule has 1 aliphatic heterocycles. The average molecular weight is 258 g/mol. The van der Waals surface area contributed by atoms with Crippen LogP contribution in [0.25, 0.3) is 0 Å². The van der Waals surface area contributed by atoms with Crippen LogP contribution in [0, 0.1) is 0 Å². The number of likely N-dealkylation sites (tertiary alicyclic amines) is 1. The predicted molar refractivity (Wildman–Crippen MR) is 65.9 cm³/mol. The fourth-order valence-electron chi connectivity index (χ4n) is 1.91. The maximum atomic E-state index is 11.5. The van der Waals surface area contributed by atoms with Gasteiger partial charge >= 0.3 is 5.97 Å². The van der Waals surface area contributed by atoms with E-state index in [1.165, 1.54) is 0 Å². The maximum absolute atomic E-state index is 11.5. The predicted octanol–water partition coefficient (Wildman–Crippen LogP) is -0.487. The number of hydrogen-bond donors (Lipinski definition) is 2. The van der Waals surface area contributed by atoms with E-state index < -0.39 is 0 Å². The summed E-state index contributed by atoms with van der Waals surface area (Å²) < 4.78 is 4.78. The molecule has 104 valence electrons. The third kappa shape index (κ3) is 5.97. The van der Waals surface area contributed by atoms with E-state index >= 15 is 0 Å². The molecule has 1 unspecified atom stereocenters. The molecule has 0 saturated carbocycles. The fraction of sp³-hybridized carbons (Fsp3) is 0.833. The number of carbonyl (C=O) groups excluding carboxylic acids is 2. The number of nitrogens with one attached hydrogen (secondary N) is 1. The lowest BCUT2D eigenvalue weighted by molar-refractivity contribution is -0.143. The summed E-state index contributed by atoms with van der Waals surface area (Å²) >= 11 is 0. The van der Waals surface area contributed by atoms with Crippen LogP contribution >= 0.6 is 0 Å². The minimum absolute atomic E-state index is 0.0621. The third-order valence-corrected chi connectivity index (χ3v) is 2.80. The van der Waals surface area contributed by atoms with Gasteiger partial charge < -0.3 is 15.2 Å². The van der Waals surface area contributed by atoms with Gasteiger partial charge in [-0.05, 0) is 19.8 Å². The molecule has 0 bridgehead atoms. The molecule has 0 spiro atoms. The Morgan fingerprint density at radius 2 is 2.28 bits per heavy atom. The molecular formula is C12H22N2O4. The largest absolute Gasteiger partial charge is 0.466 e. The zero-order valence-electron chi connectivity index (χ0n) is 10.9. The van der Waals surface area contributed by atoms with Gasteiger partial charge in [-0.25, -0.2) is 0 Å². The normalized spacial score (nSPS) is 19.8. The summed E-state index contributed by atoms with van der Waals surface area (Å²) in [7, 11) is 0. The van der Waals surface area contributed by atoms with E-state index in [2.05, 4.69) is 5.32 Å². The Kier molecular flexibility index (Phi) is 6.67. The molecule has 1 saturated heterocycles. The first-order valence-corrected chi connectivity index (χ1v) is 6.44. The van der Waals surface area contributed by atoms with E-state index in [1.807, 2.05) is 4.90 Å². The highest BCUT2D eigenvalue weighted by Crippen LogP contribution is 2.07. The van der Waals surface area contributed by atoms with Crippen molar-refractivity contribution in [2.75, 3.05) is 32.8 Å². The Hall–Kier alpha value is -1.14. The highest BCUT2D eigenvalue weighted by molar-refractivity contribution is 5.78. The van der Waals surface area contributed by atoms with Gasteiger partial charge in [-0.15, -0.1) is 0 Å². The number of aliphatic hydroxyl groups is 1. The second-order valence-electron chi connectivity index (χ2n) is 4.44. The van der Waals surface area contributed by atoms with Crippen molar-refractivity contribution >= 4 is 11.9 Å². The van der Waals surface area contributed by atoms with E-state index in [-0.39, 0.29) is 18.0 Å². The molecule has 1 atom stereocenters. The van der Waals surface area contributed by atoms with Gasteiger partial charge in [0.2, 0.25) is 5.91 Å². The van der Waals surface area contributed by atoms with Gasteiger partial charge in [0.05, 0.1) is 19.3 Å². The molecule has 1 amide bonds.